The number of nitriles is 1. The Morgan fingerprint density at radius 3 is 2.88 bits per heavy atom. The highest BCUT2D eigenvalue weighted by Crippen LogP contribution is 2.23. The minimum Gasteiger partial charge on any atom is -0.364 e. The number of hydrogen-bond acceptors (Lipinski definition) is 3. The van der Waals surface area contributed by atoms with Crippen LogP contribution in [0.15, 0.2) is 22.7 Å². The van der Waals surface area contributed by atoms with Crippen molar-refractivity contribution in [1.82, 2.24) is 5.32 Å². The molecule has 1 aromatic rings. The number of carbonyl (C=O) groups is 1. The van der Waals surface area contributed by atoms with E-state index in [-0.39, 0.29) is 12.5 Å². The minimum atomic E-state index is -0.0566. The van der Waals surface area contributed by atoms with Crippen molar-refractivity contribution in [3.8, 4) is 6.07 Å². The van der Waals surface area contributed by atoms with Gasteiger partial charge in [0.05, 0.1) is 17.8 Å². The van der Waals surface area contributed by atoms with Crippen LogP contribution in [0.2, 0.25) is 0 Å². The molecule has 0 saturated carbocycles. The Labute approximate surface area is 109 Å². The maximum atomic E-state index is 11.5. The van der Waals surface area contributed by atoms with Gasteiger partial charge in [-0.3, -0.25) is 4.79 Å². The largest absolute Gasteiger partial charge is 0.364 e. The molecule has 1 aromatic carbocycles. The van der Waals surface area contributed by atoms with Crippen molar-refractivity contribution in [3.63, 3.8) is 0 Å². The van der Waals surface area contributed by atoms with Crippen molar-refractivity contribution in [3.05, 3.63) is 28.2 Å². The molecule has 1 rings (SSSR count). The summed E-state index contributed by atoms with van der Waals surface area (Å²) in [7, 11) is 1.79. The van der Waals surface area contributed by atoms with Gasteiger partial charge in [-0.1, -0.05) is 15.9 Å². The first kappa shape index (κ1) is 13.5. The number of benzene rings is 1. The van der Waals surface area contributed by atoms with Crippen molar-refractivity contribution in [2.24, 2.45) is 0 Å². The Hall–Kier alpha value is -1.54. The summed E-state index contributed by atoms with van der Waals surface area (Å²) < 4.78 is 0.884. The number of likely N-dealkylation sites (N-methyl/N-ethyl adjacent to an activating group) is 2. The SMILES string of the molecule is CCNC(=O)CN(C)c1cc(Br)ccc1C#N. The fraction of sp³-hybridized carbons (Fsp3) is 0.333. The number of anilines is 1. The van der Waals surface area contributed by atoms with E-state index in [2.05, 4.69) is 27.3 Å². The first-order valence-corrected chi connectivity index (χ1v) is 6.05. The average molecular weight is 296 g/mol. The van der Waals surface area contributed by atoms with Gasteiger partial charge in [-0.15, -0.1) is 0 Å². The molecule has 0 aliphatic carbocycles. The van der Waals surface area contributed by atoms with Crippen LogP contribution < -0.4 is 10.2 Å². The monoisotopic (exact) mass is 295 g/mol. The summed E-state index contributed by atoms with van der Waals surface area (Å²) in [5.74, 6) is -0.0566. The van der Waals surface area contributed by atoms with Gasteiger partial charge in [0.15, 0.2) is 0 Å². The lowest BCUT2D eigenvalue weighted by atomic mass is 10.2. The van der Waals surface area contributed by atoms with Crippen LogP contribution in [0.3, 0.4) is 0 Å². The van der Waals surface area contributed by atoms with Crippen LogP contribution in [0, 0.1) is 11.3 Å². The zero-order valence-electron chi connectivity index (χ0n) is 9.83. The van der Waals surface area contributed by atoms with Crippen LogP contribution in [0.5, 0.6) is 0 Å². The number of carbonyl (C=O) groups excluding carboxylic acids is 1. The van der Waals surface area contributed by atoms with Gasteiger partial charge >= 0.3 is 0 Å². The van der Waals surface area contributed by atoms with E-state index in [0.29, 0.717) is 12.1 Å². The number of hydrogen-bond donors (Lipinski definition) is 1. The van der Waals surface area contributed by atoms with Gasteiger partial charge in [0.2, 0.25) is 5.91 Å². The first-order chi connectivity index (χ1) is 8.08. The second kappa shape index (κ2) is 6.26. The molecule has 17 heavy (non-hydrogen) atoms. The Balaban J connectivity index is 2.88. The molecule has 0 fully saturated rings. The van der Waals surface area contributed by atoms with E-state index in [1.54, 1.807) is 18.0 Å². The molecule has 4 nitrogen and oxygen atoms in total. The highest BCUT2D eigenvalue weighted by Gasteiger charge is 2.11. The zero-order valence-corrected chi connectivity index (χ0v) is 11.4. The van der Waals surface area contributed by atoms with E-state index in [1.165, 1.54) is 0 Å². The summed E-state index contributed by atoms with van der Waals surface area (Å²) in [5, 5.41) is 11.7. The summed E-state index contributed by atoms with van der Waals surface area (Å²) in [6.07, 6.45) is 0. The maximum absolute atomic E-state index is 11.5. The van der Waals surface area contributed by atoms with Crippen molar-refractivity contribution >= 4 is 27.5 Å². The molecular weight excluding hydrogens is 282 g/mol. The fourth-order valence-electron chi connectivity index (χ4n) is 1.47. The quantitative estimate of drug-likeness (QED) is 0.923. The molecule has 0 radical (unpaired) electrons. The van der Waals surface area contributed by atoms with Gasteiger partial charge in [0.25, 0.3) is 0 Å². The van der Waals surface area contributed by atoms with E-state index >= 15 is 0 Å². The van der Waals surface area contributed by atoms with Gasteiger partial charge < -0.3 is 10.2 Å². The Morgan fingerprint density at radius 1 is 1.59 bits per heavy atom. The van der Waals surface area contributed by atoms with Crippen molar-refractivity contribution in [2.45, 2.75) is 6.92 Å². The van der Waals surface area contributed by atoms with E-state index in [9.17, 15) is 4.79 Å². The van der Waals surface area contributed by atoms with Gasteiger partial charge in [0.1, 0.15) is 6.07 Å². The summed E-state index contributed by atoms with van der Waals surface area (Å²) >= 11 is 3.35. The summed E-state index contributed by atoms with van der Waals surface area (Å²) in [6, 6.07) is 7.48. The second-order valence-electron chi connectivity index (χ2n) is 3.58. The van der Waals surface area contributed by atoms with Crippen LogP contribution in [-0.4, -0.2) is 26.0 Å². The van der Waals surface area contributed by atoms with Gasteiger partial charge in [-0.2, -0.15) is 5.26 Å². The molecule has 1 N–H and O–H groups in total. The predicted octanol–water partition coefficient (Wildman–Crippen LogP) is 1.89. The lowest BCUT2D eigenvalue weighted by Gasteiger charge is -2.20. The van der Waals surface area contributed by atoms with E-state index in [4.69, 9.17) is 5.26 Å². The molecule has 0 saturated heterocycles. The fourth-order valence-corrected chi connectivity index (χ4v) is 1.82. The molecule has 0 atom stereocenters. The number of nitrogens with one attached hydrogen (secondary N) is 1. The molecule has 0 bridgehead atoms. The van der Waals surface area contributed by atoms with E-state index in [1.807, 2.05) is 19.1 Å². The normalized spacial score (nSPS) is 9.53. The highest BCUT2D eigenvalue weighted by atomic mass is 79.9. The van der Waals surface area contributed by atoms with Crippen LogP contribution in [0.1, 0.15) is 12.5 Å². The summed E-state index contributed by atoms with van der Waals surface area (Å²) in [5.41, 5.74) is 1.30. The Kier molecular flexibility index (Phi) is 4.98. The van der Waals surface area contributed by atoms with Crippen LogP contribution in [0.25, 0.3) is 0 Å². The third-order valence-corrected chi connectivity index (χ3v) is 2.74. The number of nitrogens with zero attached hydrogens (tertiary/aromatic N) is 2. The van der Waals surface area contributed by atoms with Crippen molar-refractivity contribution < 1.29 is 4.79 Å². The standard InChI is InChI=1S/C12H14BrN3O/c1-3-15-12(17)8-16(2)11-6-10(13)5-4-9(11)7-14/h4-6H,3,8H2,1-2H3,(H,15,17). The molecule has 0 heterocycles. The molecule has 0 aromatic heterocycles. The number of amides is 1. The predicted molar refractivity (Wildman–Crippen MR) is 70.8 cm³/mol. The molecule has 0 aliphatic rings. The lowest BCUT2D eigenvalue weighted by molar-refractivity contribution is -0.119. The summed E-state index contributed by atoms with van der Waals surface area (Å²) in [6.45, 7) is 2.72. The average Bonchev–Trinajstić information content (AvgIpc) is 2.29. The van der Waals surface area contributed by atoms with Gasteiger partial charge in [0, 0.05) is 18.1 Å². The summed E-state index contributed by atoms with van der Waals surface area (Å²) in [4.78, 5) is 13.2. The van der Waals surface area contributed by atoms with Crippen LogP contribution >= 0.6 is 15.9 Å². The molecule has 0 spiro atoms. The molecular formula is C12H14BrN3O. The lowest BCUT2D eigenvalue weighted by Crippen LogP contribution is -2.35. The van der Waals surface area contributed by atoms with Crippen molar-refractivity contribution in [1.29, 1.82) is 5.26 Å². The van der Waals surface area contributed by atoms with E-state index < -0.39 is 0 Å². The highest BCUT2D eigenvalue weighted by molar-refractivity contribution is 9.10. The Morgan fingerprint density at radius 2 is 2.29 bits per heavy atom. The van der Waals surface area contributed by atoms with Crippen molar-refractivity contribution in [2.75, 3.05) is 25.0 Å². The number of halogens is 1. The topological polar surface area (TPSA) is 56.1 Å². The number of rotatable bonds is 4. The zero-order chi connectivity index (χ0) is 12.8. The molecule has 0 aliphatic heterocycles. The third-order valence-electron chi connectivity index (χ3n) is 2.25. The molecule has 1 amide bonds. The molecule has 5 heteroatoms. The first-order valence-electron chi connectivity index (χ1n) is 5.26. The van der Waals surface area contributed by atoms with Gasteiger partial charge in [-0.05, 0) is 25.1 Å². The Bertz CT molecular complexity index is 454. The van der Waals surface area contributed by atoms with Gasteiger partial charge in [-0.25, -0.2) is 0 Å². The smallest absolute Gasteiger partial charge is 0.239 e. The molecule has 0 unspecified atom stereocenters. The second-order valence-corrected chi connectivity index (χ2v) is 4.50. The van der Waals surface area contributed by atoms with Crippen LogP contribution in [-0.2, 0) is 4.79 Å². The third kappa shape index (κ3) is 3.75. The maximum Gasteiger partial charge on any atom is 0.239 e. The van der Waals surface area contributed by atoms with Crippen LogP contribution in [0.4, 0.5) is 5.69 Å². The van der Waals surface area contributed by atoms with E-state index in [0.717, 1.165) is 10.2 Å². The minimum absolute atomic E-state index is 0.0566. The molecule has 90 valence electrons.